The van der Waals surface area contributed by atoms with Crippen LogP contribution in [0.1, 0.15) is 45.4 Å². The lowest BCUT2D eigenvalue weighted by Gasteiger charge is -2.03. The lowest BCUT2D eigenvalue weighted by molar-refractivity contribution is 0.613. The van der Waals surface area contributed by atoms with E-state index in [1.54, 1.807) is 0 Å². The van der Waals surface area contributed by atoms with Crippen molar-refractivity contribution in [1.82, 2.24) is 0 Å². The Labute approximate surface area is 100 Å². The molecule has 0 aliphatic heterocycles. The van der Waals surface area contributed by atoms with E-state index in [2.05, 4.69) is 32.2 Å². The van der Waals surface area contributed by atoms with Crippen LogP contribution in [0.25, 0.3) is 0 Å². The summed E-state index contributed by atoms with van der Waals surface area (Å²) in [7, 11) is 0. The lowest BCUT2D eigenvalue weighted by atomic mass is 10.0. The molecule has 0 N–H and O–H groups in total. The Morgan fingerprint density at radius 1 is 1.06 bits per heavy atom. The monoisotopic (exact) mass is 216 g/mol. The molecule has 0 bridgehead atoms. The molecular formula is C16H24. The molecule has 0 aromatic rings. The minimum Gasteiger partial charge on any atom is -0.103 e. The zero-order chi connectivity index (χ0) is 11.8. The molecule has 0 nitrogen and oxygen atoms in total. The van der Waals surface area contributed by atoms with Crippen molar-refractivity contribution in [2.45, 2.75) is 45.4 Å². The van der Waals surface area contributed by atoms with Crippen molar-refractivity contribution < 1.29 is 0 Å². The zero-order valence-corrected chi connectivity index (χ0v) is 10.5. The van der Waals surface area contributed by atoms with Crippen molar-refractivity contribution in [2.75, 3.05) is 0 Å². The summed E-state index contributed by atoms with van der Waals surface area (Å²) >= 11 is 0. The predicted molar refractivity (Wildman–Crippen MR) is 73.4 cm³/mol. The number of unbranched alkanes of at least 4 members (excludes halogenated alkanes) is 2. The molecule has 0 aromatic carbocycles. The van der Waals surface area contributed by atoms with Gasteiger partial charge < -0.3 is 0 Å². The van der Waals surface area contributed by atoms with Gasteiger partial charge in [-0.3, -0.25) is 0 Å². The molecule has 0 heteroatoms. The third kappa shape index (κ3) is 3.84. The van der Waals surface area contributed by atoms with Gasteiger partial charge in [0, 0.05) is 0 Å². The largest absolute Gasteiger partial charge is 0.103 e. The topological polar surface area (TPSA) is 0 Å². The smallest absolute Gasteiger partial charge is 0.00414 e. The highest BCUT2D eigenvalue weighted by Crippen LogP contribution is 2.31. The van der Waals surface area contributed by atoms with Crippen LogP contribution in [-0.4, -0.2) is 0 Å². The van der Waals surface area contributed by atoms with Gasteiger partial charge in [0.05, 0.1) is 0 Å². The van der Waals surface area contributed by atoms with Crippen LogP contribution in [0.15, 0.2) is 48.6 Å². The molecule has 0 atom stereocenters. The molecule has 1 aliphatic carbocycles. The van der Waals surface area contributed by atoms with Crippen molar-refractivity contribution in [1.29, 1.82) is 0 Å². The SMILES string of the molecule is C=CCC1=CC(CCCCC)C=C1CC=C. The van der Waals surface area contributed by atoms with Gasteiger partial charge in [0.25, 0.3) is 0 Å². The van der Waals surface area contributed by atoms with E-state index in [4.69, 9.17) is 0 Å². The van der Waals surface area contributed by atoms with Gasteiger partial charge in [0.2, 0.25) is 0 Å². The van der Waals surface area contributed by atoms with Gasteiger partial charge in [0.15, 0.2) is 0 Å². The average Bonchev–Trinajstić information content (AvgIpc) is 2.63. The lowest BCUT2D eigenvalue weighted by Crippen LogP contribution is -1.88. The molecular weight excluding hydrogens is 192 g/mol. The number of hydrogen-bond donors (Lipinski definition) is 0. The first-order chi connectivity index (χ1) is 7.81. The summed E-state index contributed by atoms with van der Waals surface area (Å²) in [5, 5.41) is 0. The van der Waals surface area contributed by atoms with Crippen LogP contribution in [0.3, 0.4) is 0 Å². The normalized spacial score (nSPS) is 15.8. The molecule has 0 heterocycles. The van der Waals surface area contributed by atoms with Crippen LogP contribution in [0.5, 0.6) is 0 Å². The maximum absolute atomic E-state index is 3.83. The third-order valence-corrected chi connectivity index (χ3v) is 3.11. The zero-order valence-electron chi connectivity index (χ0n) is 10.5. The van der Waals surface area contributed by atoms with Gasteiger partial charge in [-0.15, -0.1) is 13.2 Å². The summed E-state index contributed by atoms with van der Waals surface area (Å²) in [5.41, 5.74) is 2.94. The van der Waals surface area contributed by atoms with Crippen LogP contribution in [0, 0.1) is 5.92 Å². The molecule has 0 radical (unpaired) electrons. The van der Waals surface area contributed by atoms with Gasteiger partial charge in [-0.25, -0.2) is 0 Å². The van der Waals surface area contributed by atoms with E-state index in [9.17, 15) is 0 Å². The van der Waals surface area contributed by atoms with E-state index in [0.717, 1.165) is 12.8 Å². The van der Waals surface area contributed by atoms with E-state index in [1.807, 2.05) is 12.2 Å². The first kappa shape index (κ1) is 13.0. The van der Waals surface area contributed by atoms with Crippen LogP contribution in [0.4, 0.5) is 0 Å². The fraction of sp³-hybridized carbons (Fsp3) is 0.500. The fourth-order valence-corrected chi connectivity index (χ4v) is 2.28. The Bertz CT molecular complexity index is 265. The second-order valence-electron chi connectivity index (χ2n) is 4.53. The van der Waals surface area contributed by atoms with Gasteiger partial charge >= 0.3 is 0 Å². The molecule has 0 spiro atoms. The first-order valence-corrected chi connectivity index (χ1v) is 6.45. The molecule has 0 unspecified atom stereocenters. The van der Waals surface area contributed by atoms with E-state index >= 15 is 0 Å². The second-order valence-corrected chi connectivity index (χ2v) is 4.53. The second kappa shape index (κ2) is 7.27. The minimum atomic E-state index is 0.663. The Morgan fingerprint density at radius 3 is 2.06 bits per heavy atom. The van der Waals surface area contributed by atoms with Gasteiger partial charge in [-0.2, -0.15) is 0 Å². The summed E-state index contributed by atoms with van der Waals surface area (Å²) in [5.74, 6) is 0.663. The third-order valence-electron chi connectivity index (χ3n) is 3.11. The van der Waals surface area contributed by atoms with E-state index < -0.39 is 0 Å². The van der Waals surface area contributed by atoms with Crippen LogP contribution in [-0.2, 0) is 0 Å². The molecule has 0 aromatic heterocycles. The minimum absolute atomic E-state index is 0.663. The number of allylic oxidation sites excluding steroid dienone is 6. The predicted octanol–water partition coefficient (Wildman–Crippen LogP) is 5.20. The average molecular weight is 216 g/mol. The maximum Gasteiger partial charge on any atom is -0.00414 e. The standard InChI is InChI=1S/C16H24/c1-4-7-8-11-14-12-15(9-5-2)16(13-14)10-6-3/h5-6,12-14H,2-4,7-11H2,1H3. The first-order valence-electron chi connectivity index (χ1n) is 6.45. The molecule has 0 saturated heterocycles. The van der Waals surface area contributed by atoms with Crippen LogP contribution >= 0.6 is 0 Å². The van der Waals surface area contributed by atoms with Crippen molar-refractivity contribution in [2.24, 2.45) is 5.92 Å². The van der Waals surface area contributed by atoms with Crippen molar-refractivity contribution in [3.8, 4) is 0 Å². The molecule has 1 rings (SSSR count). The van der Waals surface area contributed by atoms with Crippen LogP contribution in [0.2, 0.25) is 0 Å². The Morgan fingerprint density at radius 2 is 1.62 bits per heavy atom. The summed E-state index contributed by atoms with van der Waals surface area (Å²) in [6.45, 7) is 9.91. The van der Waals surface area contributed by atoms with Crippen LogP contribution < -0.4 is 0 Å². The van der Waals surface area contributed by atoms with E-state index in [0.29, 0.717) is 5.92 Å². The van der Waals surface area contributed by atoms with E-state index in [-0.39, 0.29) is 0 Å². The molecule has 16 heavy (non-hydrogen) atoms. The molecule has 0 amide bonds. The van der Waals surface area contributed by atoms with Crippen molar-refractivity contribution in [3.63, 3.8) is 0 Å². The Balaban J connectivity index is 2.54. The van der Waals surface area contributed by atoms with Crippen molar-refractivity contribution in [3.05, 3.63) is 48.6 Å². The number of hydrogen-bond acceptors (Lipinski definition) is 0. The molecule has 88 valence electrons. The van der Waals surface area contributed by atoms with Crippen molar-refractivity contribution >= 4 is 0 Å². The fourth-order valence-electron chi connectivity index (χ4n) is 2.28. The Kier molecular flexibility index (Phi) is 5.92. The molecule has 0 saturated carbocycles. The highest BCUT2D eigenvalue weighted by atomic mass is 14.2. The quantitative estimate of drug-likeness (QED) is 0.386. The highest BCUT2D eigenvalue weighted by Gasteiger charge is 2.14. The Hall–Kier alpha value is -1.04. The van der Waals surface area contributed by atoms with Gasteiger partial charge in [-0.1, -0.05) is 50.5 Å². The summed E-state index contributed by atoms with van der Waals surface area (Å²) in [4.78, 5) is 0. The molecule has 1 aliphatic rings. The summed E-state index contributed by atoms with van der Waals surface area (Å²) in [6, 6.07) is 0. The molecule has 0 fully saturated rings. The van der Waals surface area contributed by atoms with Gasteiger partial charge in [-0.05, 0) is 36.3 Å². The summed E-state index contributed by atoms with van der Waals surface area (Å²) in [6.07, 6.45) is 16.2. The number of rotatable bonds is 8. The van der Waals surface area contributed by atoms with Gasteiger partial charge in [0.1, 0.15) is 0 Å². The van der Waals surface area contributed by atoms with E-state index in [1.165, 1.54) is 36.8 Å². The maximum atomic E-state index is 3.83. The highest BCUT2D eigenvalue weighted by molar-refractivity contribution is 5.41. The summed E-state index contributed by atoms with van der Waals surface area (Å²) < 4.78 is 0.